The molecule has 0 aliphatic carbocycles. The van der Waals surface area contributed by atoms with Gasteiger partial charge in [0, 0.05) is 6.92 Å². The molecule has 0 aromatic carbocycles. The fourth-order valence-electron chi connectivity index (χ4n) is 1.41. The maximum absolute atomic E-state index is 11.5. The predicted octanol–water partition coefficient (Wildman–Crippen LogP) is 0.169. The summed E-state index contributed by atoms with van der Waals surface area (Å²) in [5.41, 5.74) is 0. The molecule has 9 heteroatoms. The predicted molar refractivity (Wildman–Crippen MR) is 64.5 cm³/mol. The van der Waals surface area contributed by atoms with Crippen molar-refractivity contribution in [2.45, 2.75) is 25.1 Å². The molecule has 2 rings (SSSR count). The molecule has 0 bridgehead atoms. The molecule has 2 aromatic heterocycles. The molecule has 0 aliphatic rings. The lowest BCUT2D eigenvalue weighted by atomic mass is 10.4. The van der Waals surface area contributed by atoms with Gasteiger partial charge >= 0.3 is 0 Å². The van der Waals surface area contributed by atoms with Gasteiger partial charge in [0.1, 0.15) is 5.76 Å². The standard InChI is InChI=1S/C10H14N4O4S/c1-7-13-9(14-18-7)6-12-5-8-3-4-10(17-8)19(15,16)11-2/h3-4,11-12H,5-6H2,1-2H3. The van der Waals surface area contributed by atoms with Gasteiger partial charge in [-0.1, -0.05) is 5.16 Å². The lowest BCUT2D eigenvalue weighted by Gasteiger charge is -1.99. The van der Waals surface area contributed by atoms with Crippen LogP contribution in [0.4, 0.5) is 0 Å². The van der Waals surface area contributed by atoms with Crippen LogP contribution >= 0.6 is 0 Å². The molecule has 104 valence electrons. The molecular weight excluding hydrogens is 272 g/mol. The fraction of sp³-hybridized carbons (Fsp3) is 0.400. The number of nitrogens with one attached hydrogen (secondary N) is 2. The van der Waals surface area contributed by atoms with Gasteiger partial charge in [-0.05, 0) is 19.2 Å². The number of nitrogens with zero attached hydrogens (tertiary/aromatic N) is 2. The molecule has 0 fully saturated rings. The Labute approximate surface area is 110 Å². The average Bonchev–Trinajstić information content (AvgIpc) is 2.99. The van der Waals surface area contributed by atoms with Crippen molar-refractivity contribution in [1.29, 1.82) is 0 Å². The second kappa shape index (κ2) is 5.51. The van der Waals surface area contributed by atoms with Crippen molar-refractivity contribution >= 4 is 10.0 Å². The molecule has 0 spiro atoms. The van der Waals surface area contributed by atoms with Crippen molar-refractivity contribution in [2.24, 2.45) is 0 Å². The van der Waals surface area contributed by atoms with Crippen molar-refractivity contribution in [2.75, 3.05) is 7.05 Å². The van der Waals surface area contributed by atoms with Gasteiger partial charge in [-0.15, -0.1) is 0 Å². The van der Waals surface area contributed by atoms with E-state index in [-0.39, 0.29) is 5.09 Å². The molecule has 8 nitrogen and oxygen atoms in total. The SMILES string of the molecule is CNS(=O)(=O)c1ccc(CNCc2noc(C)n2)o1. The summed E-state index contributed by atoms with van der Waals surface area (Å²) in [6.07, 6.45) is 0. The Morgan fingerprint density at radius 2 is 2.11 bits per heavy atom. The number of hydrogen-bond donors (Lipinski definition) is 2. The van der Waals surface area contributed by atoms with Gasteiger partial charge < -0.3 is 14.3 Å². The number of furan rings is 1. The van der Waals surface area contributed by atoms with Crippen LogP contribution in [0.1, 0.15) is 17.5 Å². The van der Waals surface area contributed by atoms with Crippen LogP contribution in [0.5, 0.6) is 0 Å². The minimum atomic E-state index is -3.54. The van der Waals surface area contributed by atoms with Gasteiger partial charge in [-0.2, -0.15) is 4.98 Å². The van der Waals surface area contributed by atoms with Crippen molar-refractivity contribution in [1.82, 2.24) is 20.2 Å². The Balaban J connectivity index is 1.90. The highest BCUT2D eigenvalue weighted by Gasteiger charge is 2.16. The summed E-state index contributed by atoms with van der Waals surface area (Å²) in [7, 11) is -2.21. The van der Waals surface area contributed by atoms with E-state index >= 15 is 0 Å². The third kappa shape index (κ3) is 3.40. The Kier molecular flexibility index (Phi) is 3.98. The summed E-state index contributed by atoms with van der Waals surface area (Å²) >= 11 is 0. The Morgan fingerprint density at radius 3 is 2.74 bits per heavy atom. The molecule has 2 heterocycles. The molecule has 0 amide bonds. The lowest BCUT2D eigenvalue weighted by Crippen LogP contribution is -2.18. The second-order valence-electron chi connectivity index (χ2n) is 3.76. The van der Waals surface area contributed by atoms with E-state index in [2.05, 4.69) is 20.2 Å². The largest absolute Gasteiger partial charge is 0.447 e. The Morgan fingerprint density at radius 1 is 1.32 bits per heavy atom. The quantitative estimate of drug-likeness (QED) is 0.778. The number of sulfonamides is 1. The van der Waals surface area contributed by atoms with Crippen molar-refractivity contribution in [3.05, 3.63) is 29.6 Å². The highest BCUT2D eigenvalue weighted by atomic mass is 32.2. The van der Waals surface area contributed by atoms with Crippen LogP contribution in [-0.2, 0) is 23.1 Å². The van der Waals surface area contributed by atoms with E-state index in [1.165, 1.54) is 13.1 Å². The number of aryl methyl sites for hydroxylation is 1. The minimum absolute atomic E-state index is 0.109. The Hall–Kier alpha value is -1.71. The first-order valence-electron chi connectivity index (χ1n) is 5.53. The van der Waals surface area contributed by atoms with Crippen LogP contribution in [-0.4, -0.2) is 25.6 Å². The van der Waals surface area contributed by atoms with Crippen LogP contribution in [0.3, 0.4) is 0 Å². The normalized spacial score (nSPS) is 11.9. The van der Waals surface area contributed by atoms with E-state index < -0.39 is 10.0 Å². The average molecular weight is 286 g/mol. The highest BCUT2D eigenvalue weighted by molar-refractivity contribution is 7.89. The maximum atomic E-state index is 11.5. The fourth-order valence-corrected chi connectivity index (χ4v) is 2.07. The van der Waals surface area contributed by atoms with Crippen molar-refractivity contribution in [3.63, 3.8) is 0 Å². The first kappa shape index (κ1) is 13.7. The summed E-state index contributed by atoms with van der Waals surface area (Å²) in [5.74, 6) is 1.54. The monoisotopic (exact) mass is 286 g/mol. The molecule has 2 N–H and O–H groups in total. The van der Waals surface area contributed by atoms with Crippen molar-refractivity contribution < 1.29 is 17.4 Å². The van der Waals surface area contributed by atoms with E-state index in [9.17, 15) is 8.42 Å². The van der Waals surface area contributed by atoms with E-state index in [1.807, 2.05) is 0 Å². The molecule has 0 radical (unpaired) electrons. The van der Waals surface area contributed by atoms with Crippen LogP contribution in [0.15, 0.2) is 26.2 Å². The summed E-state index contributed by atoms with van der Waals surface area (Å²) in [5, 5.41) is 6.63. The zero-order chi connectivity index (χ0) is 13.9. The van der Waals surface area contributed by atoms with Crippen LogP contribution in [0, 0.1) is 6.92 Å². The summed E-state index contributed by atoms with van der Waals surface area (Å²) in [4.78, 5) is 4.02. The molecule has 19 heavy (non-hydrogen) atoms. The molecule has 0 unspecified atom stereocenters. The highest BCUT2D eigenvalue weighted by Crippen LogP contribution is 2.13. The number of hydrogen-bond acceptors (Lipinski definition) is 7. The Bertz CT molecular complexity index is 646. The van der Waals surface area contributed by atoms with Gasteiger partial charge in [0.15, 0.2) is 5.82 Å². The van der Waals surface area contributed by atoms with Gasteiger partial charge in [0.2, 0.25) is 11.0 Å². The van der Waals surface area contributed by atoms with Crippen LogP contribution in [0.2, 0.25) is 0 Å². The summed E-state index contributed by atoms with van der Waals surface area (Å²) < 4.78 is 35.1. The molecule has 0 atom stereocenters. The van der Waals surface area contributed by atoms with Gasteiger partial charge in [0.05, 0.1) is 13.1 Å². The maximum Gasteiger partial charge on any atom is 0.273 e. The van der Waals surface area contributed by atoms with Gasteiger partial charge in [-0.3, -0.25) is 0 Å². The first-order valence-corrected chi connectivity index (χ1v) is 7.02. The van der Waals surface area contributed by atoms with Gasteiger partial charge in [-0.25, -0.2) is 13.1 Å². The molecule has 0 saturated carbocycles. The van der Waals surface area contributed by atoms with Gasteiger partial charge in [0.25, 0.3) is 10.0 Å². The summed E-state index contributed by atoms with van der Waals surface area (Å²) in [6.45, 7) is 2.48. The molecule has 0 aliphatic heterocycles. The van der Waals surface area contributed by atoms with Crippen molar-refractivity contribution in [3.8, 4) is 0 Å². The molecule has 0 saturated heterocycles. The lowest BCUT2D eigenvalue weighted by molar-refractivity contribution is 0.381. The first-order chi connectivity index (χ1) is 9.01. The third-order valence-corrected chi connectivity index (χ3v) is 3.61. The minimum Gasteiger partial charge on any atom is -0.447 e. The summed E-state index contributed by atoms with van der Waals surface area (Å²) in [6, 6.07) is 3.00. The van der Waals surface area contributed by atoms with E-state index in [0.29, 0.717) is 30.6 Å². The van der Waals surface area contributed by atoms with Crippen LogP contribution < -0.4 is 10.0 Å². The van der Waals surface area contributed by atoms with E-state index in [4.69, 9.17) is 8.94 Å². The second-order valence-corrected chi connectivity index (χ2v) is 5.58. The van der Waals surface area contributed by atoms with E-state index in [0.717, 1.165) is 0 Å². The van der Waals surface area contributed by atoms with E-state index in [1.54, 1.807) is 13.0 Å². The zero-order valence-electron chi connectivity index (χ0n) is 10.5. The third-order valence-electron chi connectivity index (χ3n) is 2.32. The molecule has 2 aromatic rings. The number of aromatic nitrogens is 2. The van der Waals surface area contributed by atoms with Crippen LogP contribution in [0.25, 0.3) is 0 Å². The topological polar surface area (TPSA) is 110 Å². The zero-order valence-corrected chi connectivity index (χ0v) is 11.3. The number of rotatable bonds is 6. The smallest absolute Gasteiger partial charge is 0.273 e. The molecular formula is C10H14N4O4S.